The van der Waals surface area contributed by atoms with Crippen LogP contribution >= 0.6 is 0 Å². The number of aromatic nitrogens is 3. The Kier molecular flexibility index (Phi) is 4.71. The van der Waals surface area contributed by atoms with Crippen molar-refractivity contribution in [2.45, 2.75) is 58.8 Å². The van der Waals surface area contributed by atoms with Crippen molar-refractivity contribution in [3.05, 3.63) is 41.7 Å². The fourth-order valence-electron chi connectivity index (χ4n) is 4.45. The normalized spacial score (nSPS) is 21.4. The van der Waals surface area contributed by atoms with Gasteiger partial charge < -0.3 is 15.0 Å². The van der Waals surface area contributed by atoms with Gasteiger partial charge in [0.25, 0.3) is 0 Å². The zero-order valence-corrected chi connectivity index (χ0v) is 15.8. The second kappa shape index (κ2) is 7.00. The number of aryl methyl sites for hydroxylation is 2. The SMILES string of the molecule is CCn1ccnc1CN(Cc1nc(C)ccc1O)[C@@H]1CC12CCNCC2. The van der Waals surface area contributed by atoms with Crippen molar-refractivity contribution < 1.29 is 5.11 Å². The first-order chi connectivity index (χ1) is 12.6. The van der Waals surface area contributed by atoms with Gasteiger partial charge >= 0.3 is 0 Å². The molecule has 1 saturated carbocycles. The molecule has 26 heavy (non-hydrogen) atoms. The summed E-state index contributed by atoms with van der Waals surface area (Å²) in [6, 6.07) is 4.17. The number of nitrogens with zero attached hydrogens (tertiary/aromatic N) is 4. The van der Waals surface area contributed by atoms with E-state index >= 15 is 0 Å². The fourth-order valence-corrected chi connectivity index (χ4v) is 4.45. The molecule has 0 aromatic carbocycles. The van der Waals surface area contributed by atoms with Crippen LogP contribution in [-0.4, -0.2) is 43.7 Å². The molecule has 1 aliphatic heterocycles. The Morgan fingerprint density at radius 2 is 2.12 bits per heavy atom. The number of pyridine rings is 1. The van der Waals surface area contributed by atoms with Crippen LogP contribution in [0.1, 0.15) is 43.4 Å². The number of hydrogen-bond acceptors (Lipinski definition) is 5. The number of hydrogen-bond donors (Lipinski definition) is 2. The molecule has 2 aromatic heterocycles. The van der Waals surface area contributed by atoms with Crippen LogP contribution in [-0.2, 0) is 19.6 Å². The van der Waals surface area contributed by atoms with Gasteiger partial charge in [-0.15, -0.1) is 0 Å². The molecule has 0 unspecified atom stereocenters. The molecule has 4 rings (SSSR count). The van der Waals surface area contributed by atoms with Crippen molar-refractivity contribution in [1.82, 2.24) is 24.8 Å². The van der Waals surface area contributed by atoms with Gasteiger partial charge in [-0.05, 0) is 63.7 Å². The van der Waals surface area contributed by atoms with Crippen LogP contribution < -0.4 is 5.32 Å². The summed E-state index contributed by atoms with van der Waals surface area (Å²) in [5.74, 6) is 1.38. The van der Waals surface area contributed by atoms with E-state index in [2.05, 4.69) is 31.7 Å². The van der Waals surface area contributed by atoms with E-state index in [0.29, 0.717) is 23.8 Å². The molecular formula is C20H29N5O. The maximum atomic E-state index is 10.3. The van der Waals surface area contributed by atoms with E-state index in [9.17, 15) is 5.11 Å². The topological polar surface area (TPSA) is 66.2 Å². The molecule has 2 N–H and O–H groups in total. The first-order valence-electron chi connectivity index (χ1n) is 9.71. The quantitative estimate of drug-likeness (QED) is 0.833. The van der Waals surface area contributed by atoms with Crippen LogP contribution in [0.4, 0.5) is 0 Å². The Bertz CT molecular complexity index is 765. The Balaban J connectivity index is 1.58. The molecule has 2 aromatic rings. The van der Waals surface area contributed by atoms with Crippen molar-refractivity contribution in [3.8, 4) is 5.75 Å². The Morgan fingerprint density at radius 3 is 2.88 bits per heavy atom. The van der Waals surface area contributed by atoms with Gasteiger partial charge in [0.2, 0.25) is 0 Å². The van der Waals surface area contributed by atoms with Gasteiger partial charge in [-0.2, -0.15) is 0 Å². The van der Waals surface area contributed by atoms with E-state index in [-0.39, 0.29) is 0 Å². The van der Waals surface area contributed by atoms with E-state index in [1.165, 1.54) is 19.3 Å². The zero-order valence-electron chi connectivity index (χ0n) is 15.8. The van der Waals surface area contributed by atoms with Gasteiger partial charge in [0.05, 0.1) is 12.2 Å². The van der Waals surface area contributed by atoms with Crippen LogP contribution in [0.15, 0.2) is 24.5 Å². The Morgan fingerprint density at radius 1 is 1.31 bits per heavy atom. The average Bonchev–Trinajstić information content (AvgIpc) is 3.13. The third-order valence-electron chi connectivity index (χ3n) is 6.12. The smallest absolute Gasteiger partial charge is 0.138 e. The van der Waals surface area contributed by atoms with E-state index in [4.69, 9.17) is 0 Å². The Labute approximate surface area is 155 Å². The van der Waals surface area contributed by atoms with E-state index < -0.39 is 0 Å². The summed E-state index contributed by atoms with van der Waals surface area (Å²) in [5, 5.41) is 13.8. The highest BCUT2D eigenvalue weighted by Crippen LogP contribution is 2.56. The summed E-state index contributed by atoms with van der Waals surface area (Å²) >= 11 is 0. The lowest BCUT2D eigenvalue weighted by atomic mass is 9.93. The van der Waals surface area contributed by atoms with Gasteiger partial charge in [0.1, 0.15) is 11.6 Å². The van der Waals surface area contributed by atoms with Crippen LogP contribution in [0.25, 0.3) is 0 Å². The molecule has 6 nitrogen and oxygen atoms in total. The molecule has 140 valence electrons. The molecule has 3 heterocycles. The monoisotopic (exact) mass is 355 g/mol. The summed E-state index contributed by atoms with van der Waals surface area (Å²) in [7, 11) is 0. The lowest BCUT2D eigenvalue weighted by Gasteiger charge is -2.29. The minimum Gasteiger partial charge on any atom is -0.506 e. The summed E-state index contributed by atoms with van der Waals surface area (Å²) in [4.78, 5) is 11.7. The second-order valence-corrected chi connectivity index (χ2v) is 7.79. The molecule has 1 saturated heterocycles. The maximum Gasteiger partial charge on any atom is 0.138 e. The van der Waals surface area contributed by atoms with Crippen LogP contribution in [0.2, 0.25) is 0 Å². The molecule has 1 aliphatic carbocycles. The van der Waals surface area contributed by atoms with Gasteiger partial charge in [-0.25, -0.2) is 4.98 Å². The largest absolute Gasteiger partial charge is 0.506 e. The van der Waals surface area contributed by atoms with Crippen LogP contribution in [0.5, 0.6) is 5.75 Å². The molecule has 2 fully saturated rings. The fraction of sp³-hybridized carbons (Fsp3) is 0.600. The number of rotatable bonds is 6. The summed E-state index contributed by atoms with van der Waals surface area (Å²) in [6.07, 6.45) is 7.65. The number of nitrogens with one attached hydrogen (secondary N) is 1. The molecule has 6 heteroatoms. The average molecular weight is 355 g/mol. The molecular weight excluding hydrogens is 326 g/mol. The van der Waals surface area contributed by atoms with E-state index in [0.717, 1.165) is 43.4 Å². The zero-order chi connectivity index (χ0) is 18.1. The third-order valence-corrected chi connectivity index (χ3v) is 6.12. The van der Waals surface area contributed by atoms with Crippen LogP contribution in [0, 0.1) is 12.3 Å². The van der Waals surface area contributed by atoms with Crippen molar-refractivity contribution in [2.75, 3.05) is 13.1 Å². The lowest BCUT2D eigenvalue weighted by molar-refractivity contribution is 0.178. The standard InChI is InChI=1S/C20H29N5O/c1-3-24-11-10-22-19(24)14-25(13-16-17(26)5-4-15(2)23-16)18-12-20(18)6-8-21-9-7-20/h4-5,10-11,18,21,26H,3,6-9,12-14H2,1-2H3/t18-/m1/s1. The third kappa shape index (κ3) is 3.35. The molecule has 0 bridgehead atoms. The first kappa shape index (κ1) is 17.5. The van der Waals surface area contributed by atoms with Crippen molar-refractivity contribution in [1.29, 1.82) is 0 Å². The number of aromatic hydroxyl groups is 1. The second-order valence-electron chi connectivity index (χ2n) is 7.79. The summed E-state index contributed by atoms with van der Waals surface area (Å²) in [5.41, 5.74) is 2.16. The van der Waals surface area contributed by atoms with Gasteiger partial charge in [-0.1, -0.05) is 0 Å². The minimum absolute atomic E-state index is 0.291. The predicted octanol–water partition coefficient (Wildman–Crippen LogP) is 2.46. The molecule has 0 radical (unpaired) electrons. The highest BCUT2D eigenvalue weighted by molar-refractivity contribution is 5.28. The number of piperidine rings is 1. The highest BCUT2D eigenvalue weighted by atomic mass is 16.3. The predicted molar refractivity (Wildman–Crippen MR) is 101 cm³/mol. The van der Waals surface area contributed by atoms with Gasteiger partial charge in [-0.3, -0.25) is 9.88 Å². The van der Waals surface area contributed by atoms with Crippen molar-refractivity contribution in [3.63, 3.8) is 0 Å². The van der Waals surface area contributed by atoms with Gasteiger partial charge in [0, 0.05) is 37.2 Å². The van der Waals surface area contributed by atoms with E-state index in [1.54, 1.807) is 6.07 Å². The molecule has 1 spiro atoms. The Hall–Kier alpha value is -1.92. The first-order valence-corrected chi connectivity index (χ1v) is 9.71. The van der Waals surface area contributed by atoms with Gasteiger partial charge in [0.15, 0.2) is 0 Å². The molecule has 1 atom stereocenters. The lowest BCUT2D eigenvalue weighted by Crippen LogP contribution is -2.36. The summed E-state index contributed by atoms with van der Waals surface area (Å²) in [6.45, 7) is 8.75. The van der Waals surface area contributed by atoms with Crippen LogP contribution in [0.3, 0.4) is 0 Å². The van der Waals surface area contributed by atoms with E-state index in [1.807, 2.05) is 25.4 Å². The highest BCUT2D eigenvalue weighted by Gasteiger charge is 2.56. The number of imidazole rings is 1. The van der Waals surface area contributed by atoms with Crippen molar-refractivity contribution in [2.24, 2.45) is 5.41 Å². The maximum absolute atomic E-state index is 10.3. The minimum atomic E-state index is 0.291. The molecule has 0 amide bonds. The summed E-state index contributed by atoms with van der Waals surface area (Å²) < 4.78 is 2.20. The molecule has 2 aliphatic rings. The van der Waals surface area contributed by atoms with Crippen molar-refractivity contribution >= 4 is 0 Å².